The number of aromatic nitrogens is 5. The summed E-state index contributed by atoms with van der Waals surface area (Å²) < 4.78 is 1.45. The maximum Gasteiger partial charge on any atom is 0.236 e. The molecule has 0 aromatic carbocycles. The zero-order valence-electron chi connectivity index (χ0n) is 14.6. The average molecular weight is 344 g/mol. The van der Waals surface area contributed by atoms with Gasteiger partial charge in [-0.15, -0.1) is 14.8 Å². The Labute approximate surface area is 146 Å². The molecule has 0 saturated carbocycles. The van der Waals surface area contributed by atoms with Gasteiger partial charge in [-0.05, 0) is 48.7 Å². The second-order valence-electron chi connectivity index (χ2n) is 6.91. The van der Waals surface area contributed by atoms with Gasteiger partial charge in [0.15, 0.2) is 11.5 Å². The summed E-state index contributed by atoms with van der Waals surface area (Å²) in [5.74, 6) is 1.14. The Hall–Kier alpha value is -2.29. The zero-order chi connectivity index (χ0) is 17.2. The number of anilines is 1. The van der Waals surface area contributed by atoms with E-state index >= 15 is 0 Å². The van der Waals surface area contributed by atoms with E-state index in [2.05, 4.69) is 42.2 Å². The Morgan fingerprint density at radius 1 is 1.16 bits per heavy atom. The first-order valence-corrected chi connectivity index (χ1v) is 9.03. The van der Waals surface area contributed by atoms with Crippen molar-refractivity contribution in [2.24, 2.45) is 0 Å². The molecule has 2 aromatic heterocycles. The van der Waals surface area contributed by atoms with E-state index < -0.39 is 0 Å². The number of likely N-dealkylation sites (tertiary alicyclic amines) is 1. The first-order chi connectivity index (χ1) is 12.2. The Kier molecular flexibility index (Phi) is 4.48. The van der Waals surface area contributed by atoms with Crippen molar-refractivity contribution in [3.05, 3.63) is 12.1 Å². The molecule has 9 heteroatoms. The van der Waals surface area contributed by atoms with Crippen LogP contribution in [0.25, 0.3) is 5.65 Å². The molecular formula is C16H24N8O. The van der Waals surface area contributed by atoms with Crippen molar-refractivity contribution in [3.8, 4) is 0 Å². The Balaban J connectivity index is 1.32. The van der Waals surface area contributed by atoms with Crippen molar-refractivity contribution in [3.63, 3.8) is 0 Å². The van der Waals surface area contributed by atoms with Crippen molar-refractivity contribution in [1.29, 1.82) is 0 Å². The lowest BCUT2D eigenvalue weighted by molar-refractivity contribution is -0.135. The number of hydrogen-bond acceptors (Lipinski definition) is 7. The first-order valence-electron chi connectivity index (χ1n) is 9.03. The third-order valence-corrected chi connectivity index (χ3v) is 5.23. The van der Waals surface area contributed by atoms with Crippen LogP contribution in [0, 0.1) is 0 Å². The predicted molar refractivity (Wildman–Crippen MR) is 92.3 cm³/mol. The molecule has 9 nitrogen and oxygen atoms in total. The van der Waals surface area contributed by atoms with Crippen LogP contribution in [0.1, 0.15) is 26.2 Å². The number of carbonyl (C=O) groups excluding carboxylic acids is 1. The van der Waals surface area contributed by atoms with E-state index in [4.69, 9.17) is 0 Å². The summed E-state index contributed by atoms with van der Waals surface area (Å²) >= 11 is 0. The molecule has 4 rings (SSSR count). The minimum absolute atomic E-state index is 0.272. The lowest BCUT2D eigenvalue weighted by atomic mass is 10.0. The van der Waals surface area contributed by atoms with E-state index in [0.717, 1.165) is 51.4 Å². The first kappa shape index (κ1) is 16.2. The van der Waals surface area contributed by atoms with Crippen molar-refractivity contribution in [1.82, 2.24) is 35.1 Å². The van der Waals surface area contributed by atoms with Gasteiger partial charge in [0.1, 0.15) is 0 Å². The Morgan fingerprint density at radius 3 is 2.80 bits per heavy atom. The highest BCUT2D eigenvalue weighted by atomic mass is 16.2. The minimum Gasteiger partial charge on any atom is -0.353 e. The molecule has 0 aliphatic carbocycles. The summed E-state index contributed by atoms with van der Waals surface area (Å²) in [6.07, 6.45) is 3.50. The average Bonchev–Trinajstić information content (AvgIpc) is 3.10. The molecule has 1 amide bonds. The second kappa shape index (κ2) is 6.91. The van der Waals surface area contributed by atoms with Crippen LogP contribution in [0.15, 0.2) is 12.1 Å². The molecule has 2 saturated heterocycles. The van der Waals surface area contributed by atoms with E-state index in [1.807, 2.05) is 12.1 Å². The number of carbonyl (C=O) groups is 1. The molecule has 2 fully saturated rings. The number of piperazine rings is 1. The molecule has 2 aliphatic heterocycles. The molecule has 1 atom stereocenters. The third-order valence-electron chi connectivity index (χ3n) is 5.23. The highest BCUT2D eigenvalue weighted by molar-refractivity contribution is 5.78. The van der Waals surface area contributed by atoms with Crippen LogP contribution in [0.2, 0.25) is 0 Å². The largest absolute Gasteiger partial charge is 0.353 e. The minimum atomic E-state index is 0.272. The molecule has 0 radical (unpaired) electrons. The molecule has 25 heavy (non-hydrogen) atoms. The van der Waals surface area contributed by atoms with Crippen LogP contribution in [0.5, 0.6) is 0 Å². The fourth-order valence-electron chi connectivity index (χ4n) is 3.69. The lowest BCUT2D eigenvalue weighted by Crippen LogP contribution is -2.52. The van der Waals surface area contributed by atoms with E-state index in [1.165, 1.54) is 11.1 Å². The third kappa shape index (κ3) is 3.41. The van der Waals surface area contributed by atoms with Crippen LogP contribution in [0.3, 0.4) is 0 Å². The van der Waals surface area contributed by atoms with Crippen LogP contribution >= 0.6 is 0 Å². The van der Waals surface area contributed by atoms with Gasteiger partial charge in [-0.1, -0.05) is 0 Å². The van der Waals surface area contributed by atoms with Crippen molar-refractivity contribution in [2.75, 3.05) is 44.2 Å². The Bertz CT molecular complexity index is 739. The number of piperidine rings is 1. The van der Waals surface area contributed by atoms with Crippen molar-refractivity contribution in [2.45, 2.75) is 32.2 Å². The van der Waals surface area contributed by atoms with E-state index in [0.29, 0.717) is 18.2 Å². The molecule has 0 N–H and O–H groups in total. The molecule has 2 aliphatic rings. The van der Waals surface area contributed by atoms with Gasteiger partial charge in [0.25, 0.3) is 0 Å². The van der Waals surface area contributed by atoms with E-state index in [9.17, 15) is 4.79 Å². The highest BCUT2D eigenvalue weighted by Crippen LogP contribution is 2.18. The SMILES string of the molecule is C[C@H]1CCCCN1C(=O)CN1CCN(c2ccc3nnnn3n2)CC1. The van der Waals surface area contributed by atoms with Crippen molar-refractivity contribution < 1.29 is 4.79 Å². The molecule has 4 heterocycles. The maximum absolute atomic E-state index is 12.6. The standard InChI is InChI=1S/C16H24N8O/c1-13-4-2-3-7-23(13)16(25)12-21-8-10-22(11-9-21)15-6-5-14-17-19-20-24(14)18-15/h5-6,13H,2-4,7-12H2,1H3/t13-/m0/s1. The normalized spacial score (nSPS) is 22.5. The number of fused-ring (bicyclic) bond motifs is 1. The Morgan fingerprint density at radius 2 is 2.00 bits per heavy atom. The molecule has 0 unspecified atom stereocenters. The summed E-state index contributed by atoms with van der Waals surface area (Å²) in [6, 6.07) is 4.20. The fourth-order valence-corrected chi connectivity index (χ4v) is 3.69. The van der Waals surface area contributed by atoms with Gasteiger partial charge < -0.3 is 9.80 Å². The van der Waals surface area contributed by atoms with Crippen LogP contribution < -0.4 is 4.90 Å². The monoisotopic (exact) mass is 344 g/mol. The van der Waals surface area contributed by atoms with Gasteiger partial charge >= 0.3 is 0 Å². The topological polar surface area (TPSA) is 82.8 Å². The van der Waals surface area contributed by atoms with Gasteiger partial charge in [-0.25, -0.2) is 0 Å². The van der Waals surface area contributed by atoms with Crippen molar-refractivity contribution >= 4 is 17.4 Å². The molecular weight excluding hydrogens is 320 g/mol. The highest BCUT2D eigenvalue weighted by Gasteiger charge is 2.26. The summed E-state index contributed by atoms with van der Waals surface area (Å²) in [5, 5.41) is 15.8. The second-order valence-corrected chi connectivity index (χ2v) is 6.91. The van der Waals surface area contributed by atoms with Gasteiger partial charge in [-0.3, -0.25) is 9.69 Å². The van der Waals surface area contributed by atoms with Gasteiger partial charge in [-0.2, -0.15) is 0 Å². The van der Waals surface area contributed by atoms with Crippen LogP contribution in [0.4, 0.5) is 5.82 Å². The van der Waals surface area contributed by atoms with Crippen LogP contribution in [-0.2, 0) is 4.79 Å². The number of hydrogen-bond donors (Lipinski definition) is 0. The summed E-state index contributed by atoms with van der Waals surface area (Å²) in [7, 11) is 0. The molecule has 2 aromatic rings. The van der Waals surface area contributed by atoms with Gasteiger partial charge in [0.05, 0.1) is 6.54 Å². The summed E-state index contributed by atoms with van der Waals surface area (Å²) in [5.41, 5.74) is 0.642. The molecule has 0 spiro atoms. The lowest BCUT2D eigenvalue weighted by Gasteiger charge is -2.38. The number of tetrazole rings is 1. The number of rotatable bonds is 3. The molecule has 134 valence electrons. The van der Waals surface area contributed by atoms with E-state index in [1.54, 1.807) is 0 Å². The summed E-state index contributed by atoms with van der Waals surface area (Å²) in [6.45, 7) is 7.03. The van der Waals surface area contributed by atoms with E-state index in [-0.39, 0.29) is 5.91 Å². The smallest absolute Gasteiger partial charge is 0.236 e. The maximum atomic E-state index is 12.6. The number of nitrogens with zero attached hydrogens (tertiary/aromatic N) is 8. The quantitative estimate of drug-likeness (QED) is 0.777. The predicted octanol–water partition coefficient (Wildman–Crippen LogP) is 0.0423. The zero-order valence-corrected chi connectivity index (χ0v) is 14.6. The van der Waals surface area contributed by atoms with Gasteiger partial charge in [0.2, 0.25) is 5.91 Å². The fraction of sp³-hybridized carbons (Fsp3) is 0.688. The van der Waals surface area contributed by atoms with Crippen LogP contribution in [-0.4, -0.2) is 86.3 Å². The number of amides is 1. The summed E-state index contributed by atoms with van der Waals surface area (Å²) in [4.78, 5) is 19.1. The van der Waals surface area contributed by atoms with Gasteiger partial charge in [0, 0.05) is 38.8 Å². The molecule has 0 bridgehead atoms.